The lowest BCUT2D eigenvalue weighted by molar-refractivity contribution is 0.293. The first-order valence-electron chi connectivity index (χ1n) is 5.70. The van der Waals surface area contributed by atoms with Gasteiger partial charge in [0, 0.05) is 17.9 Å². The summed E-state index contributed by atoms with van der Waals surface area (Å²) in [4.78, 5) is 4.48. The fraction of sp³-hybridized carbons (Fsp3) is 0.818. The van der Waals surface area contributed by atoms with Crippen LogP contribution in [-0.2, 0) is 5.41 Å². The second-order valence-corrected chi connectivity index (χ2v) is 4.86. The van der Waals surface area contributed by atoms with Crippen LogP contribution in [0.2, 0.25) is 0 Å². The van der Waals surface area contributed by atoms with Gasteiger partial charge in [-0.2, -0.15) is 4.98 Å². The molecule has 1 aliphatic carbocycles. The predicted octanol–water partition coefficient (Wildman–Crippen LogP) is 1.96. The molecule has 15 heavy (non-hydrogen) atoms. The number of rotatable bonds is 3. The molecule has 84 valence electrons. The second-order valence-electron chi connectivity index (χ2n) is 4.86. The Kier molecular flexibility index (Phi) is 2.78. The molecule has 1 fully saturated rings. The summed E-state index contributed by atoms with van der Waals surface area (Å²) >= 11 is 0. The number of nitrogens with zero attached hydrogens (tertiary/aromatic N) is 2. The molecule has 0 aromatic carbocycles. The number of hydrogen-bond acceptors (Lipinski definition) is 4. The molecule has 1 atom stereocenters. The van der Waals surface area contributed by atoms with Crippen LogP contribution in [0.1, 0.15) is 57.2 Å². The van der Waals surface area contributed by atoms with Crippen LogP contribution in [-0.4, -0.2) is 16.7 Å². The highest BCUT2D eigenvalue weighted by atomic mass is 16.5. The van der Waals surface area contributed by atoms with Crippen LogP contribution in [0.15, 0.2) is 4.52 Å². The lowest BCUT2D eigenvalue weighted by atomic mass is 9.89. The quantitative estimate of drug-likeness (QED) is 0.826. The zero-order valence-electron chi connectivity index (χ0n) is 9.49. The molecule has 0 aliphatic heterocycles. The summed E-state index contributed by atoms with van der Waals surface area (Å²) in [6.07, 6.45) is 4.85. The maximum absolute atomic E-state index is 5.58. The fourth-order valence-corrected chi connectivity index (χ4v) is 2.15. The normalized spacial score (nSPS) is 21.8. The topological polar surface area (TPSA) is 64.9 Å². The van der Waals surface area contributed by atoms with Gasteiger partial charge in [-0.05, 0) is 12.8 Å². The molecule has 1 aromatic heterocycles. The van der Waals surface area contributed by atoms with Gasteiger partial charge in [0.2, 0.25) is 5.89 Å². The van der Waals surface area contributed by atoms with Crippen molar-refractivity contribution < 1.29 is 4.52 Å². The van der Waals surface area contributed by atoms with E-state index in [0.29, 0.717) is 6.54 Å². The van der Waals surface area contributed by atoms with E-state index < -0.39 is 0 Å². The molecule has 2 N–H and O–H groups in total. The van der Waals surface area contributed by atoms with E-state index in [1.165, 1.54) is 12.8 Å². The van der Waals surface area contributed by atoms with Crippen LogP contribution in [0.4, 0.5) is 0 Å². The number of nitrogens with two attached hydrogens (primary N) is 1. The zero-order valence-corrected chi connectivity index (χ0v) is 9.49. The van der Waals surface area contributed by atoms with E-state index in [-0.39, 0.29) is 11.3 Å². The van der Waals surface area contributed by atoms with Crippen LogP contribution in [0.5, 0.6) is 0 Å². The molecule has 0 radical (unpaired) electrons. The molecule has 1 aliphatic rings. The van der Waals surface area contributed by atoms with Crippen molar-refractivity contribution in [3.63, 3.8) is 0 Å². The third kappa shape index (κ3) is 1.91. The molecule has 1 heterocycles. The van der Waals surface area contributed by atoms with Crippen molar-refractivity contribution in [2.75, 3.05) is 6.54 Å². The van der Waals surface area contributed by atoms with Gasteiger partial charge in [-0.1, -0.05) is 31.8 Å². The molecule has 0 saturated heterocycles. The van der Waals surface area contributed by atoms with Crippen LogP contribution < -0.4 is 5.73 Å². The summed E-state index contributed by atoms with van der Waals surface area (Å²) in [7, 11) is 0. The first kappa shape index (κ1) is 10.6. The highest BCUT2D eigenvalue weighted by molar-refractivity contribution is 5.07. The van der Waals surface area contributed by atoms with Crippen molar-refractivity contribution >= 4 is 0 Å². The van der Waals surface area contributed by atoms with Crippen molar-refractivity contribution in [2.24, 2.45) is 5.73 Å². The Hall–Kier alpha value is -0.900. The molecule has 0 spiro atoms. The fourth-order valence-electron chi connectivity index (χ4n) is 2.15. The van der Waals surface area contributed by atoms with Crippen LogP contribution in [0.25, 0.3) is 0 Å². The monoisotopic (exact) mass is 209 g/mol. The van der Waals surface area contributed by atoms with Crippen molar-refractivity contribution in [2.45, 2.75) is 50.9 Å². The lowest BCUT2D eigenvalue weighted by Crippen LogP contribution is -2.17. The maximum Gasteiger partial charge on any atom is 0.232 e. The van der Waals surface area contributed by atoms with Crippen molar-refractivity contribution in [1.29, 1.82) is 0 Å². The number of hydrogen-bond donors (Lipinski definition) is 1. The summed E-state index contributed by atoms with van der Waals surface area (Å²) < 4.78 is 5.36. The molecular weight excluding hydrogens is 190 g/mol. The minimum Gasteiger partial charge on any atom is -0.339 e. The van der Waals surface area contributed by atoms with Gasteiger partial charge in [-0.15, -0.1) is 0 Å². The highest BCUT2D eigenvalue weighted by Crippen LogP contribution is 2.39. The van der Waals surface area contributed by atoms with E-state index in [2.05, 4.69) is 17.1 Å². The Labute approximate surface area is 90.2 Å². The summed E-state index contributed by atoms with van der Waals surface area (Å²) in [6.45, 7) is 4.80. The lowest BCUT2D eigenvalue weighted by Gasteiger charge is -2.16. The van der Waals surface area contributed by atoms with E-state index in [0.717, 1.165) is 24.6 Å². The minimum atomic E-state index is 0.111. The smallest absolute Gasteiger partial charge is 0.232 e. The van der Waals surface area contributed by atoms with Gasteiger partial charge < -0.3 is 10.3 Å². The Balaban J connectivity index is 2.19. The van der Waals surface area contributed by atoms with Crippen molar-refractivity contribution in [3.05, 3.63) is 11.7 Å². The Morgan fingerprint density at radius 1 is 1.47 bits per heavy atom. The summed E-state index contributed by atoms with van der Waals surface area (Å²) in [5.41, 5.74) is 5.69. The molecule has 4 heteroatoms. The van der Waals surface area contributed by atoms with Gasteiger partial charge >= 0.3 is 0 Å². The molecule has 1 saturated carbocycles. The second kappa shape index (κ2) is 3.93. The summed E-state index contributed by atoms with van der Waals surface area (Å²) in [5.74, 6) is 1.74. The number of aromatic nitrogens is 2. The third-order valence-corrected chi connectivity index (χ3v) is 3.46. The highest BCUT2D eigenvalue weighted by Gasteiger charge is 2.36. The van der Waals surface area contributed by atoms with Crippen LogP contribution >= 0.6 is 0 Å². The summed E-state index contributed by atoms with van der Waals surface area (Å²) in [5, 5.41) is 4.01. The van der Waals surface area contributed by atoms with E-state index in [4.69, 9.17) is 10.3 Å². The molecule has 2 rings (SSSR count). The van der Waals surface area contributed by atoms with Crippen LogP contribution in [0.3, 0.4) is 0 Å². The van der Waals surface area contributed by atoms with Gasteiger partial charge in [0.1, 0.15) is 0 Å². The molecule has 0 bridgehead atoms. The third-order valence-electron chi connectivity index (χ3n) is 3.46. The molecule has 1 aromatic rings. The maximum atomic E-state index is 5.58. The van der Waals surface area contributed by atoms with Crippen molar-refractivity contribution in [1.82, 2.24) is 10.1 Å². The molecule has 1 unspecified atom stereocenters. The van der Waals surface area contributed by atoms with Gasteiger partial charge in [-0.3, -0.25) is 0 Å². The average Bonchev–Trinajstić information content (AvgIpc) is 2.85. The van der Waals surface area contributed by atoms with E-state index in [9.17, 15) is 0 Å². The van der Waals surface area contributed by atoms with E-state index in [1.54, 1.807) is 0 Å². The molecule has 4 nitrogen and oxygen atoms in total. The minimum absolute atomic E-state index is 0.111. The summed E-state index contributed by atoms with van der Waals surface area (Å²) in [6, 6.07) is 0. The van der Waals surface area contributed by atoms with E-state index >= 15 is 0 Å². The predicted molar refractivity (Wildman–Crippen MR) is 57.6 cm³/mol. The van der Waals surface area contributed by atoms with Gasteiger partial charge in [0.25, 0.3) is 0 Å². The average molecular weight is 209 g/mol. The Morgan fingerprint density at radius 2 is 2.13 bits per heavy atom. The Morgan fingerprint density at radius 3 is 2.73 bits per heavy atom. The SMILES string of the molecule is CC(CN)c1noc(C2(C)CCCC2)n1. The van der Waals surface area contributed by atoms with Gasteiger partial charge in [0.05, 0.1) is 0 Å². The van der Waals surface area contributed by atoms with Gasteiger partial charge in [0.15, 0.2) is 5.82 Å². The standard InChI is InChI=1S/C11H19N3O/c1-8(7-12)9-13-10(15-14-9)11(2)5-3-4-6-11/h8H,3-7,12H2,1-2H3. The first-order valence-corrected chi connectivity index (χ1v) is 5.70. The van der Waals surface area contributed by atoms with E-state index in [1.807, 2.05) is 6.92 Å². The largest absolute Gasteiger partial charge is 0.339 e. The molecule has 0 amide bonds. The van der Waals surface area contributed by atoms with Gasteiger partial charge in [-0.25, -0.2) is 0 Å². The zero-order chi connectivity index (χ0) is 10.9. The first-order chi connectivity index (χ1) is 7.15. The van der Waals surface area contributed by atoms with Crippen LogP contribution in [0, 0.1) is 0 Å². The molecular formula is C11H19N3O. The van der Waals surface area contributed by atoms with Crippen molar-refractivity contribution in [3.8, 4) is 0 Å². The Bertz CT molecular complexity index is 328.